The largest absolute Gasteiger partial charge is 0.491 e. The van der Waals surface area contributed by atoms with Crippen LogP contribution in [-0.2, 0) is 0 Å². The lowest BCUT2D eigenvalue weighted by Gasteiger charge is -2.04. The average molecular weight is 256 g/mol. The van der Waals surface area contributed by atoms with Crippen molar-refractivity contribution in [3.63, 3.8) is 0 Å². The summed E-state index contributed by atoms with van der Waals surface area (Å²) in [5.41, 5.74) is 2.73. The van der Waals surface area contributed by atoms with Crippen molar-refractivity contribution in [1.82, 2.24) is 9.38 Å². The van der Waals surface area contributed by atoms with Gasteiger partial charge in [-0.15, -0.1) is 0 Å². The number of imidazole rings is 1. The molecular weight excluding hydrogens is 243 g/mol. The van der Waals surface area contributed by atoms with Gasteiger partial charge in [0.1, 0.15) is 24.7 Å². The molecule has 3 rings (SSSR count). The molecule has 19 heavy (non-hydrogen) atoms. The van der Waals surface area contributed by atoms with Gasteiger partial charge in [0, 0.05) is 18.0 Å². The van der Waals surface area contributed by atoms with Crippen LogP contribution in [0.3, 0.4) is 0 Å². The van der Waals surface area contributed by atoms with E-state index in [0.717, 1.165) is 16.9 Å². The first kappa shape index (κ1) is 11.7. The molecule has 0 N–H and O–H groups in total. The highest BCUT2D eigenvalue weighted by Crippen LogP contribution is 2.23. The first-order valence-electron chi connectivity index (χ1n) is 6.10. The third-order valence-corrected chi connectivity index (χ3v) is 2.84. The minimum atomic E-state index is -0.488. The number of ether oxygens (including phenoxy) is 1. The number of fused-ring (bicyclic) bond motifs is 1. The second-order valence-electron chi connectivity index (χ2n) is 4.16. The Morgan fingerprint density at radius 3 is 2.95 bits per heavy atom. The molecule has 0 atom stereocenters. The first-order valence-corrected chi connectivity index (χ1v) is 6.10. The number of aromatic nitrogens is 2. The van der Waals surface area contributed by atoms with Crippen molar-refractivity contribution >= 4 is 5.65 Å². The topological polar surface area (TPSA) is 26.5 Å². The second-order valence-corrected chi connectivity index (χ2v) is 4.16. The lowest BCUT2D eigenvalue weighted by molar-refractivity contribution is 0.273. The molecule has 4 heteroatoms. The SMILES string of the molecule is FCCOc1cccc(-c2cn3ccccc3n2)c1. The number of hydrogen-bond acceptors (Lipinski definition) is 2. The molecule has 2 aromatic heterocycles. The van der Waals surface area contributed by atoms with Crippen LogP contribution in [0.15, 0.2) is 54.9 Å². The standard InChI is InChI=1S/C15H13FN2O/c16-7-9-19-13-5-3-4-12(10-13)14-11-18-8-2-1-6-15(18)17-14/h1-6,8,10-11H,7,9H2. The van der Waals surface area contributed by atoms with Crippen LogP contribution >= 0.6 is 0 Å². The molecule has 0 unspecified atom stereocenters. The summed E-state index contributed by atoms with van der Waals surface area (Å²) in [5.74, 6) is 0.659. The zero-order valence-electron chi connectivity index (χ0n) is 10.3. The van der Waals surface area contributed by atoms with Gasteiger partial charge in [0.25, 0.3) is 0 Å². The number of hydrogen-bond donors (Lipinski definition) is 0. The van der Waals surface area contributed by atoms with Crippen molar-refractivity contribution in [2.75, 3.05) is 13.3 Å². The molecule has 0 spiro atoms. The van der Waals surface area contributed by atoms with Crippen molar-refractivity contribution in [2.24, 2.45) is 0 Å². The third-order valence-electron chi connectivity index (χ3n) is 2.84. The summed E-state index contributed by atoms with van der Waals surface area (Å²) < 4.78 is 19.3. The molecule has 3 aromatic rings. The molecule has 0 fully saturated rings. The Morgan fingerprint density at radius 1 is 1.16 bits per heavy atom. The number of benzene rings is 1. The molecule has 2 heterocycles. The number of pyridine rings is 1. The van der Waals surface area contributed by atoms with Crippen LogP contribution in [0.25, 0.3) is 16.9 Å². The van der Waals surface area contributed by atoms with Crippen molar-refractivity contribution in [2.45, 2.75) is 0 Å². The van der Waals surface area contributed by atoms with E-state index in [-0.39, 0.29) is 6.61 Å². The van der Waals surface area contributed by atoms with Gasteiger partial charge in [-0.05, 0) is 24.3 Å². The average Bonchev–Trinajstić information content (AvgIpc) is 2.89. The van der Waals surface area contributed by atoms with Crippen molar-refractivity contribution < 1.29 is 9.13 Å². The smallest absolute Gasteiger partial charge is 0.137 e. The van der Waals surface area contributed by atoms with Crippen molar-refractivity contribution in [1.29, 1.82) is 0 Å². The second kappa shape index (κ2) is 5.10. The Labute approximate surface area is 110 Å². The fourth-order valence-electron chi connectivity index (χ4n) is 1.98. The van der Waals surface area contributed by atoms with E-state index in [1.807, 2.05) is 59.3 Å². The monoisotopic (exact) mass is 256 g/mol. The fourth-order valence-corrected chi connectivity index (χ4v) is 1.98. The van der Waals surface area contributed by atoms with E-state index < -0.39 is 6.67 Å². The summed E-state index contributed by atoms with van der Waals surface area (Å²) in [5, 5.41) is 0. The van der Waals surface area contributed by atoms with E-state index in [1.165, 1.54) is 0 Å². The Hall–Kier alpha value is -2.36. The normalized spacial score (nSPS) is 10.8. The molecule has 0 amide bonds. The predicted octanol–water partition coefficient (Wildman–Crippen LogP) is 3.35. The van der Waals surface area contributed by atoms with Crippen molar-refractivity contribution in [3.05, 3.63) is 54.9 Å². The first-order chi connectivity index (χ1) is 9.36. The zero-order valence-corrected chi connectivity index (χ0v) is 10.3. The van der Waals surface area contributed by atoms with E-state index in [0.29, 0.717) is 5.75 Å². The number of nitrogens with zero attached hydrogens (tertiary/aromatic N) is 2. The zero-order chi connectivity index (χ0) is 13.1. The molecule has 0 saturated carbocycles. The van der Waals surface area contributed by atoms with Gasteiger partial charge in [-0.25, -0.2) is 9.37 Å². The van der Waals surface area contributed by atoms with Gasteiger partial charge in [-0.2, -0.15) is 0 Å². The fraction of sp³-hybridized carbons (Fsp3) is 0.133. The minimum absolute atomic E-state index is 0.0780. The molecule has 0 aliphatic rings. The highest BCUT2D eigenvalue weighted by molar-refractivity contribution is 5.64. The number of alkyl halides is 1. The molecule has 0 aliphatic carbocycles. The maximum atomic E-state index is 12.1. The molecule has 96 valence electrons. The highest BCUT2D eigenvalue weighted by Gasteiger charge is 2.05. The molecule has 0 radical (unpaired) electrons. The predicted molar refractivity (Wildman–Crippen MR) is 72.1 cm³/mol. The van der Waals surface area contributed by atoms with Crippen LogP contribution < -0.4 is 4.74 Å². The van der Waals surface area contributed by atoms with Gasteiger partial charge < -0.3 is 9.14 Å². The van der Waals surface area contributed by atoms with Crippen LogP contribution in [0.2, 0.25) is 0 Å². The molecule has 0 aliphatic heterocycles. The molecule has 0 bridgehead atoms. The van der Waals surface area contributed by atoms with Gasteiger partial charge in [-0.3, -0.25) is 0 Å². The van der Waals surface area contributed by atoms with E-state index in [9.17, 15) is 4.39 Å². The maximum Gasteiger partial charge on any atom is 0.137 e. The van der Waals surface area contributed by atoms with E-state index in [2.05, 4.69) is 4.98 Å². The quantitative estimate of drug-likeness (QED) is 0.715. The van der Waals surface area contributed by atoms with Gasteiger partial charge in [0.05, 0.1) is 5.69 Å². The van der Waals surface area contributed by atoms with E-state index >= 15 is 0 Å². The Balaban J connectivity index is 1.96. The van der Waals surface area contributed by atoms with Gasteiger partial charge >= 0.3 is 0 Å². The Bertz CT molecular complexity index is 660. The van der Waals surface area contributed by atoms with Crippen molar-refractivity contribution in [3.8, 4) is 17.0 Å². The van der Waals surface area contributed by atoms with Crippen LogP contribution in [0.4, 0.5) is 4.39 Å². The Kier molecular flexibility index (Phi) is 3.14. The molecule has 0 saturated heterocycles. The highest BCUT2D eigenvalue weighted by atomic mass is 19.1. The summed E-state index contributed by atoms with van der Waals surface area (Å²) in [6.45, 7) is -0.410. The molecule has 1 aromatic carbocycles. The van der Waals surface area contributed by atoms with Crippen LogP contribution in [0, 0.1) is 0 Å². The Morgan fingerprint density at radius 2 is 2.11 bits per heavy atom. The van der Waals surface area contributed by atoms with E-state index in [1.54, 1.807) is 0 Å². The maximum absolute atomic E-state index is 12.1. The molecular formula is C15H13FN2O. The summed E-state index contributed by atoms with van der Waals surface area (Å²) in [6, 6.07) is 13.4. The van der Waals surface area contributed by atoms with Crippen LogP contribution in [-0.4, -0.2) is 22.7 Å². The summed E-state index contributed by atoms with van der Waals surface area (Å²) >= 11 is 0. The number of rotatable bonds is 4. The summed E-state index contributed by atoms with van der Waals surface area (Å²) in [7, 11) is 0. The number of halogens is 1. The third kappa shape index (κ3) is 2.42. The van der Waals surface area contributed by atoms with Gasteiger partial charge in [0.2, 0.25) is 0 Å². The van der Waals surface area contributed by atoms with E-state index in [4.69, 9.17) is 4.74 Å². The van der Waals surface area contributed by atoms with Crippen LogP contribution in [0.1, 0.15) is 0 Å². The van der Waals surface area contributed by atoms with Gasteiger partial charge in [0.15, 0.2) is 0 Å². The summed E-state index contributed by atoms with van der Waals surface area (Å²) in [6.07, 6.45) is 3.92. The lowest BCUT2D eigenvalue weighted by Crippen LogP contribution is -1.98. The lowest BCUT2D eigenvalue weighted by atomic mass is 10.1. The summed E-state index contributed by atoms with van der Waals surface area (Å²) in [4.78, 5) is 4.54. The van der Waals surface area contributed by atoms with Gasteiger partial charge in [-0.1, -0.05) is 18.2 Å². The molecule has 3 nitrogen and oxygen atoms in total. The van der Waals surface area contributed by atoms with Crippen LogP contribution in [0.5, 0.6) is 5.75 Å². The minimum Gasteiger partial charge on any atom is -0.491 e.